The van der Waals surface area contributed by atoms with E-state index >= 15 is 0 Å². The Balaban J connectivity index is 1.70. The van der Waals surface area contributed by atoms with E-state index < -0.39 is 5.91 Å². The van der Waals surface area contributed by atoms with Gasteiger partial charge in [-0.05, 0) is 56.5 Å². The van der Waals surface area contributed by atoms with Gasteiger partial charge in [-0.15, -0.1) is 5.10 Å². The van der Waals surface area contributed by atoms with Crippen molar-refractivity contribution in [3.05, 3.63) is 64.3 Å². The van der Waals surface area contributed by atoms with E-state index in [2.05, 4.69) is 20.9 Å². The molecule has 3 aromatic rings. The maximum atomic E-state index is 12.6. The van der Waals surface area contributed by atoms with Crippen molar-refractivity contribution in [2.24, 2.45) is 0 Å². The van der Waals surface area contributed by atoms with Crippen LogP contribution < -0.4 is 16.4 Å². The van der Waals surface area contributed by atoms with Gasteiger partial charge in [-0.1, -0.05) is 35.0 Å². The van der Waals surface area contributed by atoms with Gasteiger partial charge in [-0.2, -0.15) is 0 Å². The minimum atomic E-state index is -0.475. The van der Waals surface area contributed by atoms with Crippen molar-refractivity contribution in [1.82, 2.24) is 15.0 Å². The number of nitrogen functional groups attached to an aromatic ring is 1. The Morgan fingerprint density at radius 1 is 1.00 bits per heavy atom. The predicted molar refractivity (Wildman–Crippen MR) is 113 cm³/mol. The van der Waals surface area contributed by atoms with E-state index in [9.17, 15) is 9.59 Å². The molecule has 0 bridgehead atoms. The van der Waals surface area contributed by atoms with E-state index in [1.807, 2.05) is 58.0 Å². The summed E-state index contributed by atoms with van der Waals surface area (Å²) in [6, 6.07) is 11.4. The highest BCUT2D eigenvalue weighted by atomic mass is 16.2. The lowest BCUT2D eigenvalue weighted by atomic mass is 10.1. The SMILES string of the molecule is Cc1ccc(NC(=O)Cn2nnc(C(=O)Nc3cccc(C)c3C)c2N)c(C)c1. The summed E-state index contributed by atoms with van der Waals surface area (Å²) >= 11 is 0. The van der Waals surface area contributed by atoms with E-state index in [1.165, 1.54) is 4.68 Å². The molecule has 0 saturated heterocycles. The number of carbonyl (C=O) groups is 2. The molecule has 0 aliphatic carbocycles. The molecule has 150 valence electrons. The van der Waals surface area contributed by atoms with Crippen LogP contribution in [0.2, 0.25) is 0 Å². The van der Waals surface area contributed by atoms with Crippen LogP contribution in [-0.4, -0.2) is 26.8 Å². The quantitative estimate of drug-likeness (QED) is 0.617. The van der Waals surface area contributed by atoms with Gasteiger partial charge >= 0.3 is 0 Å². The lowest BCUT2D eigenvalue weighted by Crippen LogP contribution is -2.22. The number of aromatic nitrogens is 3. The molecule has 0 aliphatic heterocycles. The van der Waals surface area contributed by atoms with Gasteiger partial charge in [0.15, 0.2) is 11.5 Å². The minimum absolute atomic E-state index is 0.0229. The number of nitrogens with zero attached hydrogens (tertiary/aromatic N) is 3. The molecule has 3 rings (SSSR count). The molecule has 0 spiro atoms. The van der Waals surface area contributed by atoms with Crippen LogP contribution in [0, 0.1) is 27.7 Å². The number of benzene rings is 2. The molecule has 8 nitrogen and oxygen atoms in total. The summed E-state index contributed by atoms with van der Waals surface area (Å²) in [7, 11) is 0. The first kappa shape index (κ1) is 20.1. The van der Waals surface area contributed by atoms with Gasteiger partial charge in [0.1, 0.15) is 6.54 Å². The number of hydrogen-bond donors (Lipinski definition) is 3. The Labute approximate surface area is 169 Å². The topological polar surface area (TPSA) is 115 Å². The average molecular weight is 392 g/mol. The highest BCUT2D eigenvalue weighted by molar-refractivity contribution is 6.06. The summed E-state index contributed by atoms with van der Waals surface area (Å²) in [6.07, 6.45) is 0. The smallest absolute Gasteiger partial charge is 0.280 e. The zero-order chi connectivity index (χ0) is 21.1. The van der Waals surface area contributed by atoms with Crippen molar-refractivity contribution in [2.75, 3.05) is 16.4 Å². The maximum absolute atomic E-state index is 12.6. The summed E-state index contributed by atoms with van der Waals surface area (Å²) in [6.45, 7) is 7.64. The molecule has 8 heteroatoms. The average Bonchev–Trinajstić information content (AvgIpc) is 3.02. The first-order valence-corrected chi connectivity index (χ1v) is 9.20. The lowest BCUT2D eigenvalue weighted by Gasteiger charge is -2.10. The van der Waals surface area contributed by atoms with Crippen molar-refractivity contribution in [3.8, 4) is 0 Å². The maximum Gasteiger partial charge on any atom is 0.280 e. The third-order valence-corrected chi connectivity index (χ3v) is 4.79. The van der Waals surface area contributed by atoms with Gasteiger partial charge in [0.25, 0.3) is 5.91 Å². The molecule has 1 aromatic heterocycles. The summed E-state index contributed by atoms with van der Waals surface area (Å²) in [5.41, 5.74) is 11.5. The zero-order valence-electron chi connectivity index (χ0n) is 16.9. The molecule has 2 aromatic carbocycles. The fraction of sp³-hybridized carbons (Fsp3) is 0.238. The second-order valence-electron chi connectivity index (χ2n) is 7.05. The van der Waals surface area contributed by atoms with Crippen molar-refractivity contribution in [2.45, 2.75) is 34.2 Å². The molecular weight excluding hydrogens is 368 g/mol. The van der Waals surface area contributed by atoms with Crippen LogP contribution in [-0.2, 0) is 11.3 Å². The Kier molecular flexibility index (Phi) is 5.63. The molecule has 4 N–H and O–H groups in total. The highest BCUT2D eigenvalue weighted by Crippen LogP contribution is 2.20. The zero-order valence-corrected chi connectivity index (χ0v) is 16.9. The van der Waals surface area contributed by atoms with E-state index in [4.69, 9.17) is 5.73 Å². The number of carbonyl (C=O) groups excluding carboxylic acids is 2. The first-order valence-electron chi connectivity index (χ1n) is 9.20. The monoisotopic (exact) mass is 392 g/mol. The number of rotatable bonds is 5. The van der Waals surface area contributed by atoms with Crippen molar-refractivity contribution < 1.29 is 9.59 Å². The molecule has 1 heterocycles. The second kappa shape index (κ2) is 8.14. The van der Waals surface area contributed by atoms with Gasteiger partial charge in [0.05, 0.1) is 0 Å². The number of nitrogens with two attached hydrogens (primary N) is 1. The van der Waals surface area contributed by atoms with Crippen LogP contribution in [0.25, 0.3) is 0 Å². The number of nitrogens with one attached hydrogen (secondary N) is 2. The highest BCUT2D eigenvalue weighted by Gasteiger charge is 2.20. The standard InChI is InChI=1S/C21H24N6O2/c1-12-8-9-16(14(3)10-12)23-18(28)11-27-20(22)19(25-26-27)21(29)24-17-7-5-6-13(2)15(17)4/h5-10H,11,22H2,1-4H3,(H,23,28)(H,24,29). The van der Waals surface area contributed by atoms with Crippen LogP contribution in [0.5, 0.6) is 0 Å². The predicted octanol–water partition coefficient (Wildman–Crippen LogP) is 2.98. The third kappa shape index (κ3) is 4.43. The van der Waals surface area contributed by atoms with Gasteiger partial charge < -0.3 is 16.4 Å². The Hall–Kier alpha value is -3.68. The number of amides is 2. The van der Waals surface area contributed by atoms with Gasteiger partial charge in [0, 0.05) is 11.4 Å². The van der Waals surface area contributed by atoms with Crippen LogP contribution in [0.4, 0.5) is 17.2 Å². The summed E-state index contributed by atoms with van der Waals surface area (Å²) in [5.74, 6) is -0.754. The number of aryl methyl sites for hydroxylation is 3. The van der Waals surface area contributed by atoms with Gasteiger partial charge in [0.2, 0.25) is 5.91 Å². The van der Waals surface area contributed by atoms with E-state index in [0.717, 1.165) is 22.3 Å². The fourth-order valence-electron chi connectivity index (χ4n) is 2.95. The second-order valence-corrected chi connectivity index (χ2v) is 7.05. The van der Waals surface area contributed by atoms with Gasteiger partial charge in [-0.3, -0.25) is 9.59 Å². The molecule has 2 amide bonds. The summed E-state index contributed by atoms with van der Waals surface area (Å²) in [4.78, 5) is 24.9. The third-order valence-electron chi connectivity index (χ3n) is 4.79. The summed E-state index contributed by atoms with van der Waals surface area (Å²) in [5, 5.41) is 13.3. The molecule has 0 aliphatic rings. The number of hydrogen-bond acceptors (Lipinski definition) is 5. The largest absolute Gasteiger partial charge is 0.382 e. The van der Waals surface area contributed by atoms with Crippen LogP contribution in [0.3, 0.4) is 0 Å². The van der Waals surface area contributed by atoms with Crippen LogP contribution in [0.1, 0.15) is 32.7 Å². The molecule has 29 heavy (non-hydrogen) atoms. The van der Waals surface area contributed by atoms with E-state index in [-0.39, 0.29) is 24.0 Å². The van der Waals surface area contributed by atoms with Gasteiger partial charge in [-0.25, -0.2) is 4.68 Å². The number of anilines is 3. The molecular formula is C21H24N6O2. The minimum Gasteiger partial charge on any atom is -0.382 e. The lowest BCUT2D eigenvalue weighted by molar-refractivity contribution is -0.116. The Morgan fingerprint density at radius 3 is 2.48 bits per heavy atom. The summed E-state index contributed by atoms with van der Waals surface area (Å²) < 4.78 is 1.21. The van der Waals surface area contributed by atoms with Crippen LogP contribution >= 0.6 is 0 Å². The molecule has 0 atom stereocenters. The molecule has 0 saturated carbocycles. The molecule has 0 unspecified atom stereocenters. The van der Waals surface area contributed by atoms with Crippen molar-refractivity contribution >= 4 is 29.0 Å². The fourth-order valence-corrected chi connectivity index (χ4v) is 2.95. The normalized spacial score (nSPS) is 10.6. The Morgan fingerprint density at radius 2 is 1.76 bits per heavy atom. The molecule has 0 fully saturated rings. The van der Waals surface area contributed by atoms with E-state index in [0.29, 0.717) is 11.4 Å². The van der Waals surface area contributed by atoms with E-state index in [1.54, 1.807) is 6.07 Å². The first-order chi connectivity index (χ1) is 13.8. The van der Waals surface area contributed by atoms with Crippen molar-refractivity contribution in [1.29, 1.82) is 0 Å². The molecule has 0 radical (unpaired) electrons. The van der Waals surface area contributed by atoms with Crippen molar-refractivity contribution in [3.63, 3.8) is 0 Å². The van der Waals surface area contributed by atoms with Crippen LogP contribution in [0.15, 0.2) is 36.4 Å². The Bertz CT molecular complexity index is 1090.